The summed E-state index contributed by atoms with van der Waals surface area (Å²) in [4.78, 5) is 36.3. The molecule has 0 bridgehead atoms. The van der Waals surface area contributed by atoms with Gasteiger partial charge in [-0.05, 0) is 53.9 Å². The minimum absolute atomic E-state index is 0.0156. The predicted octanol–water partition coefficient (Wildman–Crippen LogP) is 4.99. The van der Waals surface area contributed by atoms with Crippen LogP contribution in [0.25, 0.3) is 0 Å². The molecule has 11 nitrogen and oxygen atoms in total. The van der Waals surface area contributed by atoms with Gasteiger partial charge >= 0.3 is 0 Å². The summed E-state index contributed by atoms with van der Waals surface area (Å²) in [6.07, 6.45) is 0.505. The number of carbonyl (C=O) groups excluding carboxylic acids is 1. The number of nitro benzene ring substituents is 2. The third kappa shape index (κ3) is 5.26. The molecule has 1 aliphatic rings. The van der Waals surface area contributed by atoms with E-state index in [9.17, 15) is 25.0 Å². The van der Waals surface area contributed by atoms with Crippen LogP contribution < -0.4 is 14.2 Å². The van der Waals surface area contributed by atoms with E-state index in [1.807, 2.05) is 6.07 Å². The van der Waals surface area contributed by atoms with Crippen molar-refractivity contribution < 1.29 is 28.9 Å². The van der Waals surface area contributed by atoms with Crippen molar-refractivity contribution in [2.75, 3.05) is 27.4 Å². The van der Waals surface area contributed by atoms with Crippen molar-refractivity contribution in [3.63, 3.8) is 0 Å². The number of non-ortho nitro benzene ring substituents is 1. The predicted molar refractivity (Wildman–Crippen MR) is 134 cm³/mol. The molecule has 1 unspecified atom stereocenters. The molecule has 0 N–H and O–H groups in total. The fraction of sp³-hybridized carbons (Fsp3) is 0.240. The topological polar surface area (TPSA) is 134 Å². The molecule has 0 saturated carbocycles. The van der Waals surface area contributed by atoms with Gasteiger partial charge in [-0.25, -0.2) is 0 Å². The highest BCUT2D eigenvalue weighted by molar-refractivity contribution is 6.32. The lowest BCUT2D eigenvalue weighted by Gasteiger charge is -2.37. The standard InChI is InChI=1S/C25H22ClN3O8/c1-35-23-12-15-9-10-27(25(30)16-3-8-20(26)21(11-16)29(33)34)22(19(15)13-24(23)36-2)14-37-18-6-4-17(5-7-18)28(31)32/h3-8,11-13,22H,9-10,14H2,1-2H3. The van der Waals surface area contributed by atoms with Crippen LogP contribution in [0.1, 0.15) is 27.5 Å². The third-order valence-electron chi connectivity index (χ3n) is 6.11. The molecule has 3 aromatic rings. The first-order chi connectivity index (χ1) is 17.7. The molecule has 0 aliphatic carbocycles. The number of carbonyl (C=O) groups is 1. The molecule has 1 heterocycles. The Labute approximate surface area is 216 Å². The number of hydrogen-bond acceptors (Lipinski definition) is 8. The van der Waals surface area contributed by atoms with Gasteiger partial charge < -0.3 is 19.1 Å². The molecule has 0 saturated heterocycles. The van der Waals surface area contributed by atoms with Crippen LogP contribution in [0.15, 0.2) is 54.6 Å². The zero-order chi connectivity index (χ0) is 26.7. The van der Waals surface area contributed by atoms with Gasteiger partial charge in [0.2, 0.25) is 0 Å². The highest BCUT2D eigenvalue weighted by Gasteiger charge is 2.34. The maximum atomic E-state index is 13.6. The van der Waals surface area contributed by atoms with Crippen LogP contribution in [0.5, 0.6) is 17.2 Å². The van der Waals surface area contributed by atoms with Gasteiger partial charge in [0.15, 0.2) is 11.5 Å². The fourth-order valence-corrected chi connectivity index (χ4v) is 4.43. The Balaban J connectivity index is 1.71. The Bertz CT molecular complexity index is 1360. The van der Waals surface area contributed by atoms with Crippen LogP contribution in [0.2, 0.25) is 5.02 Å². The Morgan fingerprint density at radius 2 is 1.68 bits per heavy atom. The van der Waals surface area contributed by atoms with E-state index in [2.05, 4.69) is 0 Å². The van der Waals surface area contributed by atoms with Gasteiger partial charge in [0.1, 0.15) is 17.4 Å². The van der Waals surface area contributed by atoms with Gasteiger partial charge in [-0.15, -0.1) is 0 Å². The molecule has 1 aliphatic heterocycles. The number of rotatable bonds is 8. The van der Waals surface area contributed by atoms with E-state index in [0.29, 0.717) is 30.2 Å². The number of halogens is 1. The third-order valence-corrected chi connectivity index (χ3v) is 6.43. The van der Waals surface area contributed by atoms with E-state index < -0.39 is 21.8 Å². The number of amides is 1. The summed E-state index contributed by atoms with van der Waals surface area (Å²) in [5, 5.41) is 22.3. The SMILES string of the molecule is COc1cc2c(cc1OC)C(COc1ccc([N+](=O)[O-])cc1)N(C(=O)c1ccc(Cl)c([N+](=O)[O-])c1)CC2. The zero-order valence-electron chi connectivity index (χ0n) is 19.9. The Hall–Kier alpha value is -4.38. The largest absolute Gasteiger partial charge is 0.493 e. The van der Waals surface area contributed by atoms with Crippen molar-refractivity contribution in [3.8, 4) is 17.2 Å². The van der Waals surface area contributed by atoms with Gasteiger partial charge in [-0.1, -0.05) is 11.6 Å². The van der Waals surface area contributed by atoms with Crippen molar-refractivity contribution in [3.05, 3.63) is 96.5 Å². The lowest BCUT2D eigenvalue weighted by Crippen LogP contribution is -2.42. The lowest BCUT2D eigenvalue weighted by molar-refractivity contribution is -0.385. The summed E-state index contributed by atoms with van der Waals surface area (Å²) in [5.41, 5.74) is 1.37. The molecule has 0 fully saturated rings. The van der Waals surface area contributed by atoms with E-state index in [1.54, 1.807) is 11.0 Å². The summed E-state index contributed by atoms with van der Waals surface area (Å²) >= 11 is 5.93. The van der Waals surface area contributed by atoms with Gasteiger partial charge in [-0.3, -0.25) is 25.0 Å². The van der Waals surface area contributed by atoms with Crippen LogP contribution in [0.3, 0.4) is 0 Å². The zero-order valence-corrected chi connectivity index (χ0v) is 20.6. The van der Waals surface area contributed by atoms with Gasteiger partial charge in [-0.2, -0.15) is 0 Å². The van der Waals surface area contributed by atoms with Crippen molar-refractivity contribution in [2.45, 2.75) is 12.5 Å². The summed E-state index contributed by atoms with van der Waals surface area (Å²) in [6, 6.07) is 12.6. The van der Waals surface area contributed by atoms with Gasteiger partial charge in [0.05, 0.1) is 30.1 Å². The fourth-order valence-electron chi connectivity index (χ4n) is 4.24. The molecule has 192 valence electrons. The lowest BCUT2D eigenvalue weighted by atomic mass is 9.91. The number of fused-ring (bicyclic) bond motifs is 1. The first-order valence-electron chi connectivity index (χ1n) is 11.1. The number of methoxy groups -OCH3 is 2. The van der Waals surface area contributed by atoms with Crippen molar-refractivity contribution in [1.82, 2.24) is 4.90 Å². The molecular formula is C25H22ClN3O8. The molecule has 1 atom stereocenters. The number of nitrogens with zero attached hydrogens (tertiary/aromatic N) is 3. The summed E-state index contributed by atoms with van der Waals surface area (Å²) in [6.45, 7) is 0.327. The van der Waals surface area contributed by atoms with E-state index in [0.717, 1.165) is 17.2 Å². The van der Waals surface area contributed by atoms with Crippen LogP contribution in [-0.2, 0) is 6.42 Å². The minimum Gasteiger partial charge on any atom is -0.493 e. The summed E-state index contributed by atoms with van der Waals surface area (Å²) < 4.78 is 16.8. The van der Waals surface area contributed by atoms with Crippen LogP contribution in [0, 0.1) is 20.2 Å². The normalized spacial score (nSPS) is 14.5. The minimum atomic E-state index is -0.642. The highest BCUT2D eigenvalue weighted by Crippen LogP contribution is 2.39. The quantitative estimate of drug-likeness (QED) is 0.295. The number of benzene rings is 3. The number of nitro groups is 2. The van der Waals surface area contributed by atoms with Crippen LogP contribution in [0.4, 0.5) is 11.4 Å². The van der Waals surface area contributed by atoms with Crippen molar-refractivity contribution >= 4 is 28.9 Å². The maximum Gasteiger partial charge on any atom is 0.288 e. The summed E-state index contributed by atoms with van der Waals surface area (Å²) in [7, 11) is 3.04. The van der Waals surface area contributed by atoms with Gasteiger partial charge in [0, 0.05) is 30.3 Å². The smallest absolute Gasteiger partial charge is 0.288 e. The molecule has 3 aromatic carbocycles. The number of ether oxygens (including phenoxy) is 3. The van der Waals surface area contributed by atoms with E-state index in [4.69, 9.17) is 25.8 Å². The second-order valence-electron chi connectivity index (χ2n) is 8.16. The molecule has 37 heavy (non-hydrogen) atoms. The second kappa shape index (κ2) is 10.7. The molecular weight excluding hydrogens is 506 g/mol. The molecule has 12 heteroatoms. The Kier molecular flexibility index (Phi) is 7.44. The Morgan fingerprint density at radius 3 is 2.30 bits per heavy atom. The Morgan fingerprint density at radius 1 is 1.00 bits per heavy atom. The monoisotopic (exact) mass is 527 g/mol. The summed E-state index contributed by atoms with van der Waals surface area (Å²) in [5.74, 6) is 0.965. The van der Waals surface area contributed by atoms with E-state index in [-0.39, 0.29) is 28.6 Å². The van der Waals surface area contributed by atoms with Crippen LogP contribution >= 0.6 is 11.6 Å². The average Bonchev–Trinajstić information content (AvgIpc) is 2.90. The molecule has 0 spiro atoms. The number of hydrogen-bond donors (Lipinski definition) is 0. The second-order valence-corrected chi connectivity index (χ2v) is 8.56. The highest BCUT2D eigenvalue weighted by atomic mass is 35.5. The van der Waals surface area contributed by atoms with E-state index in [1.165, 1.54) is 50.6 Å². The molecule has 1 amide bonds. The maximum absolute atomic E-state index is 13.6. The first kappa shape index (κ1) is 25.7. The average molecular weight is 528 g/mol. The van der Waals surface area contributed by atoms with Crippen LogP contribution in [-0.4, -0.2) is 48.0 Å². The van der Waals surface area contributed by atoms with Crippen molar-refractivity contribution in [1.29, 1.82) is 0 Å². The first-order valence-corrected chi connectivity index (χ1v) is 11.5. The molecule has 0 radical (unpaired) electrons. The molecule has 0 aromatic heterocycles. The molecule has 4 rings (SSSR count). The van der Waals surface area contributed by atoms with Crippen molar-refractivity contribution in [2.24, 2.45) is 0 Å². The van der Waals surface area contributed by atoms with Gasteiger partial charge in [0.25, 0.3) is 17.3 Å². The van der Waals surface area contributed by atoms with E-state index >= 15 is 0 Å².